The third kappa shape index (κ3) is 3.00. The van der Waals surface area contributed by atoms with Crippen LogP contribution in [0, 0.1) is 5.82 Å². The Balaban J connectivity index is 1.73. The minimum Gasteiger partial charge on any atom is -0.306 e. The summed E-state index contributed by atoms with van der Waals surface area (Å²) in [5.74, 6) is 0.824. The van der Waals surface area contributed by atoms with Crippen LogP contribution < -0.4 is 5.32 Å². The van der Waals surface area contributed by atoms with E-state index in [9.17, 15) is 4.39 Å². The second kappa shape index (κ2) is 6.17. The third-order valence-electron chi connectivity index (χ3n) is 3.51. The second-order valence-corrected chi connectivity index (χ2v) is 6.39. The first-order valence-electron chi connectivity index (χ1n) is 6.63. The van der Waals surface area contributed by atoms with Gasteiger partial charge in [-0.15, -0.1) is 11.8 Å². The van der Waals surface area contributed by atoms with E-state index in [1.54, 1.807) is 6.07 Å². The molecule has 0 aromatic heterocycles. The summed E-state index contributed by atoms with van der Waals surface area (Å²) in [5, 5.41) is 4.02. The Kier molecular flexibility index (Phi) is 4.29. The number of hydrogen-bond acceptors (Lipinski definition) is 2. The maximum absolute atomic E-state index is 13.0. The highest BCUT2D eigenvalue weighted by molar-refractivity contribution is 7.99. The van der Waals surface area contributed by atoms with Gasteiger partial charge >= 0.3 is 0 Å². The highest BCUT2D eigenvalue weighted by Gasteiger charge is 2.19. The molecule has 1 aliphatic rings. The minimum absolute atomic E-state index is 0.293. The largest absolute Gasteiger partial charge is 0.306 e. The van der Waals surface area contributed by atoms with E-state index in [-0.39, 0.29) is 5.82 Å². The van der Waals surface area contributed by atoms with Crippen molar-refractivity contribution in [1.29, 1.82) is 0 Å². The normalized spacial score (nSPS) is 17.8. The summed E-state index contributed by atoms with van der Waals surface area (Å²) in [7, 11) is 0. The number of fused-ring (bicyclic) bond motifs is 1. The summed E-state index contributed by atoms with van der Waals surface area (Å²) in [6.45, 7) is 0.656. The summed E-state index contributed by atoms with van der Waals surface area (Å²) in [4.78, 5) is 1.35. The smallest absolute Gasteiger partial charge is 0.124 e. The van der Waals surface area contributed by atoms with Gasteiger partial charge in [0.2, 0.25) is 0 Å². The van der Waals surface area contributed by atoms with Crippen molar-refractivity contribution in [1.82, 2.24) is 5.32 Å². The van der Waals surface area contributed by atoms with Crippen molar-refractivity contribution in [3.05, 3.63) is 64.4 Å². The molecule has 0 amide bonds. The van der Waals surface area contributed by atoms with E-state index < -0.39 is 0 Å². The van der Waals surface area contributed by atoms with E-state index in [1.807, 2.05) is 11.8 Å². The van der Waals surface area contributed by atoms with Crippen LogP contribution in [0.25, 0.3) is 0 Å². The van der Waals surface area contributed by atoms with Gasteiger partial charge in [0.05, 0.1) is 0 Å². The summed E-state index contributed by atoms with van der Waals surface area (Å²) in [5.41, 5.74) is 2.28. The number of rotatable bonds is 3. The first-order chi connectivity index (χ1) is 9.74. The fraction of sp³-hybridized carbons (Fsp3) is 0.250. The van der Waals surface area contributed by atoms with E-state index in [0.29, 0.717) is 17.6 Å². The zero-order chi connectivity index (χ0) is 13.9. The van der Waals surface area contributed by atoms with Crippen molar-refractivity contribution in [2.24, 2.45) is 0 Å². The fourth-order valence-electron chi connectivity index (χ4n) is 2.45. The van der Waals surface area contributed by atoms with Crippen molar-refractivity contribution in [3.63, 3.8) is 0 Å². The highest BCUT2D eigenvalue weighted by atomic mass is 35.5. The van der Waals surface area contributed by atoms with Crippen molar-refractivity contribution >= 4 is 23.4 Å². The summed E-state index contributed by atoms with van der Waals surface area (Å²) < 4.78 is 13.0. The van der Waals surface area contributed by atoms with Gasteiger partial charge in [-0.2, -0.15) is 0 Å². The number of halogens is 2. The second-order valence-electron chi connectivity index (χ2n) is 4.84. The van der Waals surface area contributed by atoms with Crippen molar-refractivity contribution in [3.8, 4) is 0 Å². The number of nitrogens with one attached hydrogen (secondary N) is 1. The Bertz CT molecular complexity index is 617. The van der Waals surface area contributed by atoms with Crippen LogP contribution in [0.4, 0.5) is 4.39 Å². The van der Waals surface area contributed by atoms with Crippen LogP contribution in [0.2, 0.25) is 5.02 Å². The molecular formula is C16H15ClFNS. The number of benzene rings is 2. The molecule has 104 valence electrons. The predicted octanol–water partition coefficient (Wildman–Crippen LogP) is 4.81. The van der Waals surface area contributed by atoms with Crippen molar-refractivity contribution in [2.75, 3.05) is 5.75 Å². The van der Waals surface area contributed by atoms with Crippen molar-refractivity contribution < 1.29 is 4.39 Å². The van der Waals surface area contributed by atoms with E-state index in [2.05, 4.69) is 29.6 Å². The van der Waals surface area contributed by atoms with Crippen LogP contribution in [-0.4, -0.2) is 5.75 Å². The molecule has 3 rings (SSSR count). The van der Waals surface area contributed by atoms with Gasteiger partial charge in [-0.25, -0.2) is 4.39 Å². The standard InChI is InChI=1S/C16H15ClFNS/c17-14-9-12(18)6-5-11(14)10-19-15-7-8-20-16-4-2-1-3-13(15)16/h1-6,9,15,19H,7-8,10H2. The molecule has 20 heavy (non-hydrogen) atoms. The van der Waals surface area contributed by atoms with Crippen LogP contribution in [0.1, 0.15) is 23.6 Å². The zero-order valence-corrected chi connectivity index (χ0v) is 12.5. The molecule has 4 heteroatoms. The topological polar surface area (TPSA) is 12.0 Å². The molecule has 2 aromatic carbocycles. The van der Waals surface area contributed by atoms with Gasteiger partial charge in [0, 0.05) is 22.5 Å². The molecule has 1 aliphatic heterocycles. The molecule has 0 bridgehead atoms. The molecule has 1 nitrogen and oxygen atoms in total. The van der Waals surface area contributed by atoms with E-state index >= 15 is 0 Å². The Morgan fingerprint density at radius 2 is 2.10 bits per heavy atom. The van der Waals surface area contributed by atoms with Crippen LogP contribution >= 0.6 is 23.4 Å². The number of hydrogen-bond donors (Lipinski definition) is 1. The van der Waals surface area contributed by atoms with Gasteiger partial charge in [0.1, 0.15) is 5.82 Å². The summed E-state index contributed by atoms with van der Waals surface area (Å²) in [6.07, 6.45) is 1.10. The lowest BCUT2D eigenvalue weighted by Crippen LogP contribution is -2.24. The quantitative estimate of drug-likeness (QED) is 0.873. The Morgan fingerprint density at radius 3 is 2.95 bits per heavy atom. The highest BCUT2D eigenvalue weighted by Crippen LogP contribution is 2.36. The molecule has 0 aliphatic carbocycles. The molecule has 1 atom stereocenters. The lowest BCUT2D eigenvalue weighted by Gasteiger charge is -2.26. The Labute approximate surface area is 127 Å². The van der Waals surface area contributed by atoms with Gasteiger partial charge in [0.25, 0.3) is 0 Å². The molecule has 1 unspecified atom stereocenters. The summed E-state index contributed by atoms with van der Waals surface area (Å²) in [6, 6.07) is 13.4. The van der Waals surface area contributed by atoms with E-state index in [4.69, 9.17) is 11.6 Å². The average Bonchev–Trinajstić information content (AvgIpc) is 2.46. The van der Waals surface area contributed by atoms with Gasteiger partial charge in [-0.1, -0.05) is 35.9 Å². The van der Waals surface area contributed by atoms with Gasteiger partial charge in [0.15, 0.2) is 0 Å². The SMILES string of the molecule is Fc1ccc(CNC2CCSc3ccccc32)c(Cl)c1. The lowest BCUT2D eigenvalue weighted by molar-refractivity contribution is 0.509. The first-order valence-corrected chi connectivity index (χ1v) is 7.99. The number of thioether (sulfide) groups is 1. The molecule has 0 saturated carbocycles. The lowest BCUT2D eigenvalue weighted by atomic mass is 10.0. The van der Waals surface area contributed by atoms with E-state index in [0.717, 1.165) is 17.7 Å². The molecule has 2 aromatic rings. The molecule has 0 radical (unpaired) electrons. The van der Waals surface area contributed by atoms with Gasteiger partial charge in [-0.05, 0) is 41.5 Å². The maximum atomic E-state index is 13.0. The molecule has 1 heterocycles. The monoisotopic (exact) mass is 307 g/mol. The van der Waals surface area contributed by atoms with E-state index in [1.165, 1.54) is 22.6 Å². The maximum Gasteiger partial charge on any atom is 0.124 e. The minimum atomic E-state index is -0.293. The molecule has 0 spiro atoms. The summed E-state index contributed by atoms with van der Waals surface area (Å²) >= 11 is 7.97. The Morgan fingerprint density at radius 1 is 1.25 bits per heavy atom. The molecular weight excluding hydrogens is 293 g/mol. The van der Waals surface area contributed by atoms with Crippen LogP contribution in [-0.2, 0) is 6.54 Å². The predicted molar refractivity (Wildman–Crippen MR) is 82.8 cm³/mol. The van der Waals surface area contributed by atoms with Gasteiger partial charge < -0.3 is 5.32 Å². The van der Waals surface area contributed by atoms with Crippen LogP contribution in [0.15, 0.2) is 47.4 Å². The van der Waals surface area contributed by atoms with Crippen LogP contribution in [0.5, 0.6) is 0 Å². The molecule has 1 N–H and O–H groups in total. The van der Waals surface area contributed by atoms with Crippen molar-refractivity contribution in [2.45, 2.75) is 23.9 Å². The average molecular weight is 308 g/mol. The molecule has 0 fully saturated rings. The Hall–Kier alpha value is -1.03. The van der Waals surface area contributed by atoms with Gasteiger partial charge in [-0.3, -0.25) is 0 Å². The first kappa shape index (κ1) is 13.9. The third-order valence-corrected chi connectivity index (χ3v) is 4.99. The zero-order valence-electron chi connectivity index (χ0n) is 10.9. The fourth-order valence-corrected chi connectivity index (χ4v) is 3.81. The molecule has 0 saturated heterocycles. The van der Waals surface area contributed by atoms with Crippen LogP contribution in [0.3, 0.4) is 0 Å².